The summed E-state index contributed by atoms with van der Waals surface area (Å²) in [6, 6.07) is 22.2. The van der Waals surface area contributed by atoms with Crippen LogP contribution in [0, 0.1) is 0 Å². The molecular weight excluding hydrogens is 414 g/mol. The van der Waals surface area contributed by atoms with Crippen molar-refractivity contribution in [1.29, 1.82) is 0 Å². The Kier molecular flexibility index (Phi) is 5.22. The monoisotopic (exact) mass is 437 g/mol. The number of pyridine rings is 1. The zero-order chi connectivity index (χ0) is 22.9. The molecule has 7 heteroatoms. The summed E-state index contributed by atoms with van der Waals surface area (Å²) in [6.45, 7) is 4.13. The van der Waals surface area contributed by atoms with Gasteiger partial charge in [0, 0.05) is 22.3 Å². The average molecular weight is 438 g/mol. The molecule has 5 aromatic rings. The van der Waals surface area contributed by atoms with E-state index in [0.717, 1.165) is 22.4 Å². The van der Waals surface area contributed by atoms with Crippen LogP contribution < -0.4 is 10.7 Å². The first kappa shape index (κ1) is 20.6. The van der Waals surface area contributed by atoms with Gasteiger partial charge in [0.25, 0.3) is 0 Å². The number of nitrogens with one attached hydrogen (secondary N) is 2. The van der Waals surface area contributed by atoms with Crippen molar-refractivity contribution in [2.45, 2.75) is 26.3 Å². The van der Waals surface area contributed by atoms with Crippen molar-refractivity contribution in [3.63, 3.8) is 0 Å². The number of benzene rings is 3. The number of para-hydroxylation sites is 3. The Morgan fingerprint density at radius 3 is 2.18 bits per heavy atom. The van der Waals surface area contributed by atoms with E-state index in [1.165, 1.54) is 0 Å². The number of fused-ring (bicyclic) bond motifs is 2. The van der Waals surface area contributed by atoms with Crippen molar-refractivity contribution in [2.24, 2.45) is 0 Å². The summed E-state index contributed by atoms with van der Waals surface area (Å²) in [7, 11) is 0. The summed E-state index contributed by atoms with van der Waals surface area (Å²) < 4.78 is 1.88. The van der Waals surface area contributed by atoms with Crippen molar-refractivity contribution in [2.75, 3.05) is 5.32 Å². The Bertz CT molecular complexity index is 1490. The number of carbonyl (C=O) groups is 1. The van der Waals surface area contributed by atoms with Crippen LogP contribution in [0.4, 0.5) is 5.69 Å². The first-order chi connectivity index (χ1) is 16.0. The molecule has 0 saturated heterocycles. The molecule has 33 heavy (non-hydrogen) atoms. The third-order valence-electron chi connectivity index (χ3n) is 5.67. The molecule has 0 fully saturated rings. The maximum atomic E-state index is 13.2. The molecule has 0 aliphatic carbocycles. The predicted molar refractivity (Wildman–Crippen MR) is 130 cm³/mol. The fraction of sp³-hybridized carbons (Fsp3) is 0.154. The maximum absolute atomic E-state index is 13.2. The summed E-state index contributed by atoms with van der Waals surface area (Å²) >= 11 is 0. The quantitative estimate of drug-likeness (QED) is 0.390. The molecule has 3 aromatic carbocycles. The van der Waals surface area contributed by atoms with E-state index in [-0.39, 0.29) is 23.8 Å². The number of carbonyl (C=O) groups excluding carboxylic acids is 1. The molecule has 2 N–H and O–H groups in total. The van der Waals surface area contributed by atoms with E-state index in [0.29, 0.717) is 22.3 Å². The van der Waals surface area contributed by atoms with Gasteiger partial charge in [-0.1, -0.05) is 50.2 Å². The molecule has 7 nitrogen and oxygen atoms in total. The lowest BCUT2D eigenvalue weighted by atomic mass is 10.1. The van der Waals surface area contributed by atoms with Crippen LogP contribution in [0.15, 0.2) is 77.6 Å². The van der Waals surface area contributed by atoms with E-state index in [1.54, 1.807) is 12.1 Å². The Morgan fingerprint density at radius 1 is 0.939 bits per heavy atom. The van der Waals surface area contributed by atoms with E-state index in [4.69, 9.17) is 0 Å². The fourth-order valence-corrected chi connectivity index (χ4v) is 4.02. The fourth-order valence-electron chi connectivity index (χ4n) is 4.02. The van der Waals surface area contributed by atoms with Gasteiger partial charge in [-0.3, -0.25) is 14.7 Å². The Morgan fingerprint density at radius 2 is 1.55 bits per heavy atom. The van der Waals surface area contributed by atoms with Crippen molar-refractivity contribution >= 4 is 33.4 Å². The van der Waals surface area contributed by atoms with Gasteiger partial charge in [-0.2, -0.15) is 5.10 Å². The summed E-state index contributed by atoms with van der Waals surface area (Å²) in [5.74, 6) is 1.34. The standard InChI is InChI=1S/C26H23N5O2/c1-16(2)25-28-26(30-29-25)17-9-3-6-12-20(17)27-23(32)15-31-21-13-7-4-10-18(21)24(33)19-11-5-8-14-22(19)31/h3-14,16H,15H2,1-2H3,(H,27,32)(H,28,29,30). The molecule has 0 bridgehead atoms. The van der Waals surface area contributed by atoms with Gasteiger partial charge in [0.15, 0.2) is 11.3 Å². The molecule has 0 unspecified atom stereocenters. The van der Waals surface area contributed by atoms with E-state index in [9.17, 15) is 9.59 Å². The summed E-state index contributed by atoms with van der Waals surface area (Å²) in [5, 5.41) is 11.5. The Hall–Kier alpha value is -4.26. The maximum Gasteiger partial charge on any atom is 0.244 e. The molecule has 0 radical (unpaired) electrons. The van der Waals surface area contributed by atoms with E-state index in [2.05, 4.69) is 20.5 Å². The molecular formula is C26H23N5O2. The number of amides is 1. The summed E-state index contributed by atoms with van der Waals surface area (Å²) in [6.07, 6.45) is 0. The van der Waals surface area contributed by atoms with Gasteiger partial charge in [-0.05, 0) is 36.4 Å². The third-order valence-corrected chi connectivity index (χ3v) is 5.67. The number of H-pyrrole nitrogens is 1. The predicted octanol–water partition coefficient (Wildman–Crippen LogP) is 4.70. The minimum absolute atomic E-state index is 0.0335. The molecule has 0 atom stereocenters. The minimum atomic E-state index is -0.207. The number of aromatic amines is 1. The van der Waals surface area contributed by atoms with Crippen LogP contribution in [0.2, 0.25) is 0 Å². The van der Waals surface area contributed by atoms with Gasteiger partial charge >= 0.3 is 0 Å². The highest BCUT2D eigenvalue weighted by Gasteiger charge is 2.16. The van der Waals surface area contributed by atoms with E-state index in [1.807, 2.05) is 79.1 Å². The molecule has 5 rings (SSSR count). The van der Waals surface area contributed by atoms with Crippen molar-refractivity contribution < 1.29 is 4.79 Å². The van der Waals surface area contributed by atoms with E-state index >= 15 is 0 Å². The van der Waals surface area contributed by atoms with Gasteiger partial charge < -0.3 is 9.88 Å². The Balaban J connectivity index is 1.52. The molecule has 0 spiro atoms. The van der Waals surface area contributed by atoms with Crippen LogP contribution in [0.25, 0.3) is 33.2 Å². The molecule has 0 aliphatic rings. The average Bonchev–Trinajstić information content (AvgIpc) is 3.33. The number of aromatic nitrogens is 4. The minimum Gasteiger partial charge on any atom is -0.331 e. The first-order valence-electron chi connectivity index (χ1n) is 10.8. The van der Waals surface area contributed by atoms with Crippen LogP contribution in [-0.2, 0) is 11.3 Å². The van der Waals surface area contributed by atoms with Gasteiger partial charge in [0.2, 0.25) is 5.91 Å². The highest BCUT2D eigenvalue weighted by atomic mass is 16.2. The lowest BCUT2D eigenvalue weighted by Crippen LogP contribution is -2.21. The largest absolute Gasteiger partial charge is 0.331 e. The van der Waals surface area contributed by atoms with Gasteiger partial charge in [0.1, 0.15) is 12.4 Å². The SMILES string of the molecule is CC(C)c1nc(-c2ccccc2NC(=O)Cn2c3ccccc3c(=O)c3ccccc32)n[nH]1. The van der Waals surface area contributed by atoms with Gasteiger partial charge in [-0.15, -0.1) is 0 Å². The highest BCUT2D eigenvalue weighted by Crippen LogP contribution is 2.26. The second-order valence-electron chi connectivity index (χ2n) is 8.24. The Labute approximate surface area is 190 Å². The number of hydrogen-bond donors (Lipinski definition) is 2. The van der Waals surface area contributed by atoms with Crippen LogP contribution in [0.3, 0.4) is 0 Å². The number of anilines is 1. The third kappa shape index (κ3) is 3.78. The second-order valence-corrected chi connectivity index (χ2v) is 8.24. The van der Waals surface area contributed by atoms with Crippen LogP contribution in [-0.4, -0.2) is 25.7 Å². The van der Waals surface area contributed by atoms with Crippen LogP contribution in [0.1, 0.15) is 25.6 Å². The number of hydrogen-bond acceptors (Lipinski definition) is 4. The smallest absolute Gasteiger partial charge is 0.244 e. The molecule has 0 aliphatic heterocycles. The van der Waals surface area contributed by atoms with E-state index < -0.39 is 0 Å². The topological polar surface area (TPSA) is 92.7 Å². The number of nitrogens with zero attached hydrogens (tertiary/aromatic N) is 3. The normalized spacial score (nSPS) is 11.4. The molecule has 0 saturated carbocycles. The zero-order valence-electron chi connectivity index (χ0n) is 18.4. The van der Waals surface area contributed by atoms with Crippen molar-refractivity contribution in [3.05, 3.63) is 88.8 Å². The lowest BCUT2D eigenvalue weighted by molar-refractivity contribution is -0.116. The zero-order valence-corrected chi connectivity index (χ0v) is 18.4. The molecule has 2 heterocycles. The second kappa shape index (κ2) is 8.35. The number of rotatable bonds is 5. The summed E-state index contributed by atoms with van der Waals surface area (Å²) in [4.78, 5) is 30.7. The molecule has 164 valence electrons. The molecule has 1 amide bonds. The first-order valence-corrected chi connectivity index (χ1v) is 10.8. The van der Waals surface area contributed by atoms with Gasteiger partial charge in [-0.25, -0.2) is 4.98 Å². The van der Waals surface area contributed by atoms with Gasteiger partial charge in [0.05, 0.1) is 16.7 Å². The van der Waals surface area contributed by atoms with Crippen molar-refractivity contribution in [3.8, 4) is 11.4 Å². The highest BCUT2D eigenvalue weighted by molar-refractivity contribution is 5.98. The van der Waals surface area contributed by atoms with Crippen molar-refractivity contribution in [1.82, 2.24) is 19.7 Å². The van der Waals surface area contributed by atoms with Crippen LogP contribution >= 0.6 is 0 Å². The molecule has 2 aromatic heterocycles. The lowest BCUT2D eigenvalue weighted by Gasteiger charge is -2.15. The van der Waals surface area contributed by atoms with Crippen LogP contribution in [0.5, 0.6) is 0 Å². The summed E-state index contributed by atoms with van der Waals surface area (Å²) in [5.41, 5.74) is 2.78.